The lowest BCUT2D eigenvalue weighted by atomic mass is 9.88. The molecule has 0 radical (unpaired) electrons. The summed E-state index contributed by atoms with van der Waals surface area (Å²) < 4.78 is 23.8. The molecule has 0 unspecified atom stereocenters. The van der Waals surface area contributed by atoms with Gasteiger partial charge in [0.25, 0.3) is 0 Å². The molecule has 250 valence electrons. The van der Waals surface area contributed by atoms with E-state index in [1.54, 1.807) is 26.8 Å². The number of unbranched alkanes of at least 4 members (excludes halogenated alkanes) is 1. The maximum atomic E-state index is 13.2. The molecule has 0 aromatic rings. The standard InChI is InChI=1S/C33H52O11/c1-6-7-8-25-26-11-9-21(41-26)15-22-10-12-27(36)33(40,44-22)28(37)14-17(2)13-18(3)23(34)16-24(35)19(4)30-31(43-30)29(38)20(5)32(39)42-25/h13,18,20-22,24-31,35-38,40H,4,6-12,14-16H2,1-3,5H3/b17-13+/t18-,20-,21-,22-,24-,25-,26-,27-,28-,29-,30-,31+,33-/m1/s1. The van der Waals surface area contributed by atoms with Crippen molar-refractivity contribution in [2.24, 2.45) is 11.8 Å². The van der Waals surface area contributed by atoms with Gasteiger partial charge in [0.1, 0.15) is 36.3 Å². The summed E-state index contributed by atoms with van der Waals surface area (Å²) >= 11 is 0. The Morgan fingerprint density at radius 2 is 1.68 bits per heavy atom. The van der Waals surface area contributed by atoms with Gasteiger partial charge in [0, 0.05) is 12.3 Å². The molecule has 4 rings (SSSR count). The molecule has 5 N–H and O–H groups in total. The van der Waals surface area contributed by atoms with Crippen LogP contribution in [0, 0.1) is 11.8 Å². The number of fused-ring (bicyclic) bond motifs is 5. The summed E-state index contributed by atoms with van der Waals surface area (Å²) in [5.41, 5.74) is 0.861. The summed E-state index contributed by atoms with van der Waals surface area (Å²) in [5, 5.41) is 54.7. The molecule has 4 heterocycles. The lowest BCUT2D eigenvalue weighted by molar-refractivity contribution is -0.337. The van der Waals surface area contributed by atoms with Crippen molar-refractivity contribution in [2.45, 2.75) is 159 Å². The van der Waals surface area contributed by atoms with E-state index >= 15 is 0 Å². The lowest BCUT2D eigenvalue weighted by Crippen LogP contribution is -2.59. The van der Waals surface area contributed by atoms with Crippen LogP contribution in [0.3, 0.4) is 0 Å². The summed E-state index contributed by atoms with van der Waals surface area (Å²) in [4.78, 5) is 26.1. The second kappa shape index (κ2) is 14.8. The van der Waals surface area contributed by atoms with E-state index in [4.69, 9.17) is 18.9 Å². The van der Waals surface area contributed by atoms with Crippen LogP contribution in [0.5, 0.6) is 0 Å². The summed E-state index contributed by atoms with van der Waals surface area (Å²) in [6, 6.07) is 0. The second-order valence-electron chi connectivity index (χ2n) is 13.4. The van der Waals surface area contributed by atoms with Crippen LogP contribution in [0.15, 0.2) is 23.8 Å². The van der Waals surface area contributed by atoms with Crippen molar-refractivity contribution in [3.8, 4) is 0 Å². The van der Waals surface area contributed by atoms with Crippen LogP contribution in [0.4, 0.5) is 0 Å². The number of ketones is 1. The molecule has 11 nitrogen and oxygen atoms in total. The van der Waals surface area contributed by atoms with Gasteiger partial charge in [-0.3, -0.25) is 9.59 Å². The SMILES string of the molecule is C=C1[C@H](O)CC(=O)[C@H](C)/C=C(\C)C[C@@H](O)[C@]2(O)O[C@H](CC[C@H]2O)C[C@H]2CC[C@@H](O2)[C@@H](CCCC)OC(=O)[C@H](C)[C@@H](O)[C@@H]2O[C@H]12. The van der Waals surface area contributed by atoms with Crippen LogP contribution in [-0.4, -0.2) is 104 Å². The van der Waals surface area contributed by atoms with Gasteiger partial charge >= 0.3 is 5.97 Å². The first-order valence-electron chi connectivity index (χ1n) is 16.3. The average Bonchev–Trinajstić information content (AvgIpc) is 3.65. The van der Waals surface area contributed by atoms with E-state index in [1.807, 2.05) is 6.92 Å². The number of hydrogen-bond donors (Lipinski definition) is 5. The van der Waals surface area contributed by atoms with Crippen LogP contribution in [0.25, 0.3) is 0 Å². The van der Waals surface area contributed by atoms with Crippen molar-refractivity contribution in [1.29, 1.82) is 0 Å². The van der Waals surface area contributed by atoms with Crippen molar-refractivity contribution in [1.82, 2.24) is 0 Å². The molecule has 11 heteroatoms. The molecular weight excluding hydrogens is 572 g/mol. The first-order chi connectivity index (χ1) is 20.7. The second-order valence-corrected chi connectivity index (χ2v) is 13.4. The fourth-order valence-corrected chi connectivity index (χ4v) is 6.72. The number of carbonyl (C=O) groups excluding carboxylic acids is 2. The van der Waals surface area contributed by atoms with Crippen molar-refractivity contribution >= 4 is 11.8 Å². The summed E-state index contributed by atoms with van der Waals surface area (Å²) in [5.74, 6) is -4.56. The number of cyclic esters (lactones) is 1. The highest BCUT2D eigenvalue weighted by molar-refractivity contribution is 5.83. The van der Waals surface area contributed by atoms with Crippen molar-refractivity contribution in [3.63, 3.8) is 0 Å². The van der Waals surface area contributed by atoms with Gasteiger partial charge < -0.3 is 44.5 Å². The Morgan fingerprint density at radius 3 is 2.39 bits per heavy atom. The highest BCUT2D eigenvalue weighted by Crippen LogP contribution is 2.39. The molecule has 0 aliphatic carbocycles. The Labute approximate surface area is 260 Å². The first kappa shape index (κ1) is 35.2. The molecule has 0 spiro atoms. The molecule has 4 bridgehead atoms. The molecule has 4 aliphatic rings. The molecule has 0 aromatic heterocycles. The molecule has 4 aliphatic heterocycles. The smallest absolute Gasteiger partial charge is 0.311 e. The molecular formula is C33H52O11. The van der Waals surface area contributed by atoms with E-state index in [1.165, 1.54) is 0 Å². The predicted molar refractivity (Wildman–Crippen MR) is 159 cm³/mol. The summed E-state index contributed by atoms with van der Waals surface area (Å²) in [7, 11) is 0. The van der Waals surface area contributed by atoms with Gasteiger partial charge in [-0.1, -0.05) is 38.5 Å². The van der Waals surface area contributed by atoms with Gasteiger partial charge in [-0.05, 0) is 70.8 Å². The third-order valence-electron chi connectivity index (χ3n) is 9.75. The lowest BCUT2D eigenvalue weighted by Gasteiger charge is -2.44. The molecule has 44 heavy (non-hydrogen) atoms. The van der Waals surface area contributed by atoms with E-state index in [9.17, 15) is 35.1 Å². The molecule has 0 amide bonds. The quantitative estimate of drug-likeness (QED) is 0.177. The Bertz CT molecular complexity index is 1060. The van der Waals surface area contributed by atoms with E-state index in [0.29, 0.717) is 37.7 Å². The maximum absolute atomic E-state index is 13.2. The van der Waals surface area contributed by atoms with Crippen molar-refractivity contribution < 1.29 is 54.1 Å². The number of ether oxygens (including phenoxy) is 4. The number of esters is 1. The highest BCUT2D eigenvalue weighted by Gasteiger charge is 2.52. The van der Waals surface area contributed by atoms with E-state index < -0.39 is 72.4 Å². The highest BCUT2D eigenvalue weighted by atomic mass is 16.7. The number of epoxide rings is 1. The Balaban J connectivity index is 1.55. The van der Waals surface area contributed by atoms with Gasteiger partial charge in [0.05, 0.1) is 36.4 Å². The minimum absolute atomic E-state index is 0.0344. The van der Waals surface area contributed by atoms with Gasteiger partial charge in [-0.2, -0.15) is 0 Å². The Hall–Kier alpha value is -1.70. The molecule has 13 atom stereocenters. The molecule has 3 fully saturated rings. The Morgan fingerprint density at radius 1 is 0.977 bits per heavy atom. The fourth-order valence-electron chi connectivity index (χ4n) is 6.72. The number of rotatable bonds is 3. The minimum atomic E-state index is -2.19. The van der Waals surface area contributed by atoms with E-state index in [-0.39, 0.29) is 42.8 Å². The summed E-state index contributed by atoms with van der Waals surface area (Å²) in [6.07, 6.45) is -1.92. The van der Waals surface area contributed by atoms with Crippen LogP contribution in [-0.2, 0) is 28.5 Å². The molecule has 0 saturated carbocycles. The number of Topliss-reactive ketones (excluding diaryl/α,β-unsaturated/α-hetero) is 1. The number of carbonyl (C=O) groups is 2. The topological polar surface area (TPSA) is 176 Å². The Kier molecular flexibility index (Phi) is 11.8. The average molecular weight is 625 g/mol. The number of aliphatic hydroxyl groups excluding tert-OH is 4. The first-order valence-corrected chi connectivity index (χ1v) is 16.3. The zero-order valence-corrected chi connectivity index (χ0v) is 26.5. The third kappa shape index (κ3) is 8.17. The monoisotopic (exact) mass is 624 g/mol. The zero-order valence-electron chi connectivity index (χ0n) is 26.5. The van der Waals surface area contributed by atoms with Crippen LogP contribution in [0.2, 0.25) is 0 Å². The third-order valence-corrected chi connectivity index (χ3v) is 9.75. The van der Waals surface area contributed by atoms with Gasteiger partial charge in [-0.25, -0.2) is 0 Å². The number of allylic oxidation sites excluding steroid dienone is 1. The number of aliphatic hydroxyl groups is 5. The molecule has 0 aromatic carbocycles. The predicted octanol–water partition coefficient (Wildman–Crippen LogP) is 2.24. The largest absolute Gasteiger partial charge is 0.459 e. The fraction of sp³-hybridized carbons (Fsp3) is 0.818. The van der Waals surface area contributed by atoms with Gasteiger partial charge in [-0.15, -0.1) is 0 Å². The number of hydrogen-bond acceptors (Lipinski definition) is 11. The molecule has 3 saturated heterocycles. The van der Waals surface area contributed by atoms with Crippen LogP contribution in [0.1, 0.15) is 91.9 Å². The minimum Gasteiger partial charge on any atom is -0.459 e. The van der Waals surface area contributed by atoms with Crippen LogP contribution >= 0.6 is 0 Å². The van der Waals surface area contributed by atoms with Crippen molar-refractivity contribution in [2.75, 3.05) is 0 Å². The zero-order chi connectivity index (χ0) is 32.3. The maximum Gasteiger partial charge on any atom is 0.311 e. The van der Waals surface area contributed by atoms with E-state index in [2.05, 4.69) is 6.58 Å². The normalized spacial score (nSPS) is 46.0. The van der Waals surface area contributed by atoms with Crippen LogP contribution < -0.4 is 0 Å². The van der Waals surface area contributed by atoms with Crippen molar-refractivity contribution in [3.05, 3.63) is 23.8 Å². The van der Waals surface area contributed by atoms with E-state index in [0.717, 1.165) is 12.8 Å². The summed E-state index contributed by atoms with van der Waals surface area (Å²) in [6.45, 7) is 10.9. The van der Waals surface area contributed by atoms with Gasteiger partial charge in [0.15, 0.2) is 0 Å². The van der Waals surface area contributed by atoms with Gasteiger partial charge in [0.2, 0.25) is 5.79 Å².